The van der Waals surface area contributed by atoms with Crippen LogP contribution in [-0.4, -0.2) is 80.5 Å². The van der Waals surface area contributed by atoms with Crippen molar-refractivity contribution < 1.29 is 39.6 Å². The number of nitrogens with zero attached hydrogens (tertiary/aromatic N) is 1. The Morgan fingerprint density at radius 3 is 2.40 bits per heavy atom. The van der Waals surface area contributed by atoms with Gasteiger partial charge in [0.1, 0.15) is 22.8 Å². The van der Waals surface area contributed by atoms with E-state index in [4.69, 9.17) is 11.5 Å². The molecule has 3 aliphatic carbocycles. The Hall–Kier alpha value is -4.52. The first-order valence-electron chi connectivity index (χ1n) is 13.7. The van der Waals surface area contributed by atoms with Crippen LogP contribution in [0.15, 0.2) is 53.3 Å². The van der Waals surface area contributed by atoms with Crippen LogP contribution < -0.4 is 16.8 Å². The molecule has 12 nitrogen and oxygen atoms in total. The molecule has 0 aliphatic heterocycles. The predicted molar refractivity (Wildman–Crippen MR) is 157 cm³/mol. The van der Waals surface area contributed by atoms with Crippen LogP contribution in [0.3, 0.4) is 0 Å². The SMILES string of the molecule is CC1[C@@H]2[C@@](O)(C(=O)C(C(N)=O)=C(O)[C@@]2(C)N)C(=O)C2=C(O)c3c(O)ccc(-c4cccc(NC(=O)CN(C)C)c4)c3C[C@@H]21. The largest absolute Gasteiger partial charge is 0.509 e. The minimum absolute atomic E-state index is 0.0410. The van der Waals surface area contributed by atoms with Crippen LogP contribution in [0.4, 0.5) is 5.69 Å². The third kappa shape index (κ3) is 4.32. The number of likely N-dealkylation sites (N-methyl/N-ethyl adjacent to an activating group) is 1. The maximum Gasteiger partial charge on any atom is 0.255 e. The van der Waals surface area contributed by atoms with Crippen LogP contribution in [0.5, 0.6) is 5.75 Å². The monoisotopic (exact) mass is 590 g/mol. The van der Waals surface area contributed by atoms with Gasteiger partial charge in [-0.05, 0) is 74.2 Å². The highest BCUT2D eigenvalue weighted by molar-refractivity contribution is 6.33. The maximum atomic E-state index is 14.0. The Labute approximate surface area is 247 Å². The summed E-state index contributed by atoms with van der Waals surface area (Å²) in [5.74, 6) is -8.89. The van der Waals surface area contributed by atoms with Crippen LogP contribution >= 0.6 is 0 Å². The number of nitrogens with one attached hydrogen (secondary N) is 1. The molecule has 5 rings (SSSR count). The van der Waals surface area contributed by atoms with Gasteiger partial charge in [-0.1, -0.05) is 25.1 Å². The van der Waals surface area contributed by atoms with Gasteiger partial charge in [-0.15, -0.1) is 0 Å². The fourth-order valence-electron chi connectivity index (χ4n) is 7.12. The molecular formula is C31H34N4O8. The van der Waals surface area contributed by atoms with E-state index in [0.717, 1.165) is 0 Å². The lowest BCUT2D eigenvalue weighted by Crippen LogP contribution is -2.73. The summed E-state index contributed by atoms with van der Waals surface area (Å²) in [5, 5.41) is 47.8. The Kier molecular flexibility index (Phi) is 6.99. The maximum absolute atomic E-state index is 14.0. The van der Waals surface area contributed by atoms with Crippen molar-refractivity contribution in [3.05, 3.63) is 64.4 Å². The zero-order valence-corrected chi connectivity index (χ0v) is 24.1. The highest BCUT2D eigenvalue weighted by Gasteiger charge is 2.69. The van der Waals surface area contributed by atoms with Gasteiger partial charge >= 0.3 is 0 Å². The van der Waals surface area contributed by atoms with Gasteiger partial charge < -0.3 is 42.1 Å². The molecule has 9 N–H and O–H groups in total. The standard InChI is InChI=1S/C31H34N4O8/c1-13-17-11-18-16(14-6-5-7-15(10-14)34-20(37)12-35(3)4)8-9-19(36)21(18)24(38)22(17)27(40)31(43)25(13)30(2,33)26(39)23(28(31)41)29(32)42/h5-10,13,17,25,36,38-39,43H,11-12,33H2,1-4H3,(H2,32,42)(H,34,37)/t13?,17-,25+,30+,31+/m1/s1. The van der Waals surface area contributed by atoms with E-state index in [9.17, 15) is 39.6 Å². The van der Waals surface area contributed by atoms with Crippen LogP contribution in [0, 0.1) is 17.8 Å². The Morgan fingerprint density at radius 2 is 1.77 bits per heavy atom. The Bertz CT molecular complexity index is 1670. The molecule has 2 aromatic rings. The number of Topliss-reactive ketones (excluding diaryl/α,β-unsaturated/α-hetero) is 2. The molecule has 2 aromatic carbocycles. The van der Waals surface area contributed by atoms with Crippen molar-refractivity contribution in [2.75, 3.05) is 26.0 Å². The number of phenols is 1. The number of hydrogen-bond acceptors (Lipinski definition) is 10. The summed E-state index contributed by atoms with van der Waals surface area (Å²) in [6.45, 7) is 3.11. The third-order valence-corrected chi connectivity index (χ3v) is 8.91. The van der Waals surface area contributed by atoms with Gasteiger partial charge in [0.25, 0.3) is 5.91 Å². The smallest absolute Gasteiger partial charge is 0.255 e. The van der Waals surface area contributed by atoms with Crippen LogP contribution in [0.25, 0.3) is 16.9 Å². The second kappa shape index (κ2) is 10.0. The number of aliphatic hydroxyl groups is 3. The number of nitrogens with two attached hydrogens (primary N) is 2. The number of primary amides is 1. The number of carbonyl (C=O) groups is 4. The first-order chi connectivity index (χ1) is 20.0. The lowest BCUT2D eigenvalue weighted by atomic mass is 9.50. The molecule has 0 radical (unpaired) electrons. The number of benzene rings is 2. The van der Waals surface area contributed by atoms with Crippen LogP contribution in [-0.2, 0) is 25.6 Å². The first kappa shape index (κ1) is 30.0. The Morgan fingerprint density at radius 1 is 1.09 bits per heavy atom. The van der Waals surface area contributed by atoms with E-state index < -0.39 is 63.5 Å². The molecule has 0 spiro atoms. The van der Waals surface area contributed by atoms with E-state index in [1.165, 1.54) is 13.0 Å². The van der Waals surface area contributed by atoms with E-state index >= 15 is 0 Å². The van der Waals surface area contributed by atoms with Gasteiger partial charge in [0, 0.05) is 17.2 Å². The van der Waals surface area contributed by atoms with Crippen LogP contribution in [0.2, 0.25) is 0 Å². The fraction of sp³-hybridized carbons (Fsp3) is 0.355. The van der Waals surface area contributed by atoms with Gasteiger partial charge in [-0.2, -0.15) is 0 Å². The summed E-state index contributed by atoms with van der Waals surface area (Å²) in [6.07, 6.45) is 0.0899. The second-order valence-corrected chi connectivity index (χ2v) is 12.1. The predicted octanol–water partition coefficient (Wildman–Crippen LogP) is 1.16. The van der Waals surface area contributed by atoms with Gasteiger partial charge in [0.05, 0.1) is 17.6 Å². The van der Waals surface area contributed by atoms with Gasteiger partial charge in [-0.3, -0.25) is 19.2 Å². The number of fused-ring (bicyclic) bond motifs is 3. The molecular weight excluding hydrogens is 556 g/mol. The van der Waals surface area contributed by atoms with Gasteiger partial charge in [-0.25, -0.2) is 0 Å². The summed E-state index contributed by atoms with van der Waals surface area (Å²) >= 11 is 0. The average Bonchev–Trinajstić information content (AvgIpc) is 2.90. The summed E-state index contributed by atoms with van der Waals surface area (Å²) in [4.78, 5) is 53.7. The second-order valence-electron chi connectivity index (χ2n) is 12.1. The molecule has 0 aromatic heterocycles. The molecule has 0 bridgehead atoms. The zero-order chi connectivity index (χ0) is 31.8. The number of rotatable bonds is 5. The number of anilines is 1. The van der Waals surface area contributed by atoms with Crippen molar-refractivity contribution >= 4 is 34.8 Å². The summed E-state index contributed by atoms with van der Waals surface area (Å²) in [5.41, 5.74) is 7.95. The quantitative estimate of drug-likeness (QED) is 0.195. The summed E-state index contributed by atoms with van der Waals surface area (Å²) < 4.78 is 0. The highest BCUT2D eigenvalue weighted by Crippen LogP contribution is 2.56. The van der Waals surface area contributed by atoms with E-state index in [1.54, 1.807) is 56.3 Å². The van der Waals surface area contributed by atoms with Gasteiger partial charge in [0.15, 0.2) is 5.60 Å². The molecule has 2 amide bonds. The molecule has 3 aliphatic rings. The van der Waals surface area contributed by atoms with E-state index in [0.29, 0.717) is 22.4 Å². The molecule has 0 heterocycles. The van der Waals surface area contributed by atoms with Crippen molar-refractivity contribution in [1.29, 1.82) is 0 Å². The minimum atomic E-state index is -2.90. The van der Waals surface area contributed by atoms with E-state index in [1.807, 2.05) is 0 Å². The summed E-state index contributed by atoms with van der Waals surface area (Å²) in [7, 11) is 3.55. The molecule has 12 heteroatoms. The molecule has 1 unspecified atom stereocenters. The zero-order valence-electron chi connectivity index (χ0n) is 24.1. The first-order valence-corrected chi connectivity index (χ1v) is 13.7. The van der Waals surface area contributed by atoms with Crippen molar-refractivity contribution in [2.24, 2.45) is 29.2 Å². The third-order valence-electron chi connectivity index (χ3n) is 8.91. The number of carbonyl (C=O) groups excluding carboxylic acids is 4. The van der Waals surface area contributed by atoms with Crippen molar-refractivity contribution in [3.8, 4) is 16.9 Å². The van der Waals surface area contributed by atoms with E-state index in [2.05, 4.69) is 5.32 Å². The lowest BCUT2D eigenvalue weighted by molar-refractivity contribution is -0.167. The number of ketones is 2. The number of aliphatic hydroxyl groups excluding tert-OH is 2. The normalized spacial score (nSPS) is 28.4. The molecule has 1 saturated carbocycles. The molecule has 5 atom stereocenters. The number of amides is 2. The average molecular weight is 591 g/mol. The molecule has 0 saturated heterocycles. The topological polar surface area (TPSA) is 217 Å². The van der Waals surface area contributed by atoms with Crippen molar-refractivity contribution in [3.63, 3.8) is 0 Å². The van der Waals surface area contributed by atoms with Crippen molar-refractivity contribution in [1.82, 2.24) is 4.90 Å². The summed E-state index contributed by atoms with van der Waals surface area (Å²) in [6, 6.07) is 10.0. The molecule has 43 heavy (non-hydrogen) atoms. The Balaban J connectivity index is 1.66. The van der Waals surface area contributed by atoms with Crippen LogP contribution in [0.1, 0.15) is 25.0 Å². The molecule has 1 fully saturated rings. The highest BCUT2D eigenvalue weighted by atomic mass is 16.3. The van der Waals surface area contributed by atoms with Crippen molar-refractivity contribution in [2.45, 2.75) is 31.4 Å². The number of phenolic OH excluding ortho intramolecular Hbond substituents is 1. The molecule has 226 valence electrons. The lowest BCUT2D eigenvalue weighted by Gasteiger charge is -2.55. The number of aromatic hydroxyl groups is 1. The fourth-order valence-corrected chi connectivity index (χ4v) is 7.12. The van der Waals surface area contributed by atoms with Gasteiger partial charge in [0.2, 0.25) is 17.5 Å². The number of hydrogen-bond donors (Lipinski definition) is 7. The minimum Gasteiger partial charge on any atom is -0.509 e. The van der Waals surface area contributed by atoms with E-state index in [-0.39, 0.29) is 35.8 Å².